The Hall–Kier alpha value is -5.03. The smallest absolute Gasteiger partial charge is 0.247 e. The third-order valence-electron chi connectivity index (χ3n) is 8.15. The lowest BCUT2D eigenvalue weighted by Crippen LogP contribution is -2.29. The fourth-order valence-electron chi connectivity index (χ4n) is 5.92. The fraction of sp³-hybridized carbons (Fsp3) is 0.303. The number of aromatic nitrogens is 6. The predicted molar refractivity (Wildman–Crippen MR) is 176 cm³/mol. The molecule has 1 aliphatic heterocycles. The minimum absolute atomic E-state index is 0.273. The number of amides is 1. The van der Waals surface area contributed by atoms with Gasteiger partial charge in [-0.15, -0.1) is 0 Å². The molecule has 0 fully saturated rings. The van der Waals surface area contributed by atoms with Crippen molar-refractivity contribution in [1.29, 1.82) is 0 Å². The highest BCUT2D eigenvalue weighted by Gasteiger charge is 2.27. The Morgan fingerprint density at radius 1 is 1.11 bits per heavy atom. The van der Waals surface area contributed by atoms with Crippen LogP contribution in [0.4, 0.5) is 23.0 Å². The van der Waals surface area contributed by atoms with Crippen LogP contribution in [-0.4, -0.2) is 74.3 Å². The van der Waals surface area contributed by atoms with E-state index in [9.17, 15) is 4.79 Å². The molecule has 0 saturated heterocycles. The molecule has 1 aliphatic rings. The molecule has 0 bridgehead atoms. The molecule has 0 saturated carbocycles. The number of nitrogens with zero attached hydrogens (tertiary/aromatic N) is 8. The average Bonchev–Trinajstić information content (AvgIpc) is 3.59. The molecular weight excluding hydrogens is 552 g/mol. The number of anilines is 4. The van der Waals surface area contributed by atoms with Crippen LogP contribution in [0.15, 0.2) is 61.6 Å². The van der Waals surface area contributed by atoms with Crippen LogP contribution < -0.4 is 15.5 Å². The fourth-order valence-corrected chi connectivity index (χ4v) is 5.92. The summed E-state index contributed by atoms with van der Waals surface area (Å²) in [6.45, 7) is 8.23. The standard InChI is InChI=1S/C33H38N10O/c1-7-28(44)37-26-19-25(21(2)18-27(26)41(5)17-16-40(3)4)39-33-34-14-13-24(38-33)29-23-12-8-10-22-11-9-15-43(30(22)23)31(29)32-35-20-36-42(32)6/h7-8,10,12-14,18-20H,1,9,11,15-17H2,2-6H3,(H,37,44)(H,34,38,39). The van der Waals surface area contributed by atoms with E-state index in [2.05, 4.69) is 70.9 Å². The van der Waals surface area contributed by atoms with Crippen molar-refractivity contribution in [3.8, 4) is 22.8 Å². The van der Waals surface area contributed by atoms with E-state index in [0.29, 0.717) is 11.6 Å². The Morgan fingerprint density at radius 2 is 1.95 bits per heavy atom. The van der Waals surface area contributed by atoms with Crippen LogP contribution in [0.5, 0.6) is 0 Å². The molecule has 0 unspecified atom stereocenters. The third-order valence-corrected chi connectivity index (χ3v) is 8.15. The first kappa shape index (κ1) is 29.1. The SMILES string of the molecule is C=CC(=O)Nc1cc(Nc2nccc(-c3c(-c4ncnn4C)n4c5c(cccc35)CCC4)n2)c(C)cc1N(C)CCN(C)C. The van der Waals surface area contributed by atoms with E-state index in [-0.39, 0.29) is 5.91 Å². The minimum Gasteiger partial charge on any atom is -0.372 e. The monoisotopic (exact) mass is 590 g/mol. The Bertz CT molecular complexity index is 1870. The van der Waals surface area contributed by atoms with Gasteiger partial charge in [-0.05, 0) is 69.3 Å². The number of carbonyl (C=O) groups is 1. The molecule has 0 aliphatic carbocycles. The molecule has 11 nitrogen and oxygen atoms in total. The Labute approximate surface area is 257 Å². The number of carbonyl (C=O) groups excluding carboxylic acids is 1. The van der Waals surface area contributed by atoms with Gasteiger partial charge >= 0.3 is 0 Å². The molecule has 6 rings (SSSR count). The van der Waals surface area contributed by atoms with Gasteiger partial charge in [0.15, 0.2) is 5.82 Å². The van der Waals surface area contributed by atoms with E-state index < -0.39 is 0 Å². The Kier molecular flexibility index (Phi) is 7.88. The first-order valence-corrected chi connectivity index (χ1v) is 14.8. The van der Waals surface area contributed by atoms with Gasteiger partial charge in [-0.25, -0.2) is 19.6 Å². The lowest BCUT2D eigenvalue weighted by atomic mass is 10.0. The van der Waals surface area contributed by atoms with Crippen molar-refractivity contribution < 1.29 is 4.79 Å². The number of hydrogen-bond donors (Lipinski definition) is 2. The van der Waals surface area contributed by atoms with Crippen molar-refractivity contribution in [2.45, 2.75) is 26.3 Å². The summed E-state index contributed by atoms with van der Waals surface area (Å²) in [6.07, 6.45) is 6.74. The van der Waals surface area contributed by atoms with Gasteiger partial charge in [-0.1, -0.05) is 24.8 Å². The zero-order valence-electron chi connectivity index (χ0n) is 25.9. The lowest BCUT2D eigenvalue weighted by Gasteiger charge is -2.25. The van der Waals surface area contributed by atoms with E-state index in [4.69, 9.17) is 4.98 Å². The van der Waals surface area contributed by atoms with Gasteiger partial charge in [0, 0.05) is 56.6 Å². The van der Waals surface area contributed by atoms with Gasteiger partial charge in [0.05, 0.1) is 28.3 Å². The van der Waals surface area contributed by atoms with Crippen LogP contribution in [0, 0.1) is 6.92 Å². The van der Waals surface area contributed by atoms with Crippen LogP contribution in [0.1, 0.15) is 17.5 Å². The minimum atomic E-state index is -0.273. The maximum Gasteiger partial charge on any atom is 0.247 e. The van der Waals surface area contributed by atoms with Crippen LogP contribution in [0.3, 0.4) is 0 Å². The van der Waals surface area contributed by atoms with Crippen molar-refractivity contribution >= 4 is 39.8 Å². The summed E-state index contributed by atoms with van der Waals surface area (Å²) >= 11 is 0. The summed E-state index contributed by atoms with van der Waals surface area (Å²) in [7, 11) is 8.03. The molecule has 1 amide bonds. The number of likely N-dealkylation sites (N-methyl/N-ethyl adjacent to an activating group) is 2. The molecule has 44 heavy (non-hydrogen) atoms. The van der Waals surface area contributed by atoms with Gasteiger partial charge in [0.25, 0.3) is 0 Å². The number of para-hydroxylation sites is 1. The number of benzene rings is 2. The van der Waals surface area contributed by atoms with Gasteiger partial charge in [-0.2, -0.15) is 5.10 Å². The Morgan fingerprint density at radius 3 is 2.70 bits per heavy atom. The molecule has 4 heterocycles. The molecule has 2 N–H and O–H groups in total. The second kappa shape index (κ2) is 11.9. The third kappa shape index (κ3) is 5.42. The van der Waals surface area contributed by atoms with E-state index in [1.54, 1.807) is 12.5 Å². The van der Waals surface area contributed by atoms with Crippen LogP contribution in [-0.2, 0) is 24.8 Å². The summed E-state index contributed by atoms with van der Waals surface area (Å²) < 4.78 is 4.18. The van der Waals surface area contributed by atoms with Crippen LogP contribution >= 0.6 is 0 Å². The summed E-state index contributed by atoms with van der Waals surface area (Å²) in [5.74, 6) is 0.977. The number of rotatable bonds is 10. The van der Waals surface area contributed by atoms with Crippen molar-refractivity contribution in [2.24, 2.45) is 7.05 Å². The largest absolute Gasteiger partial charge is 0.372 e. The predicted octanol–water partition coefficient (Wildman–Crippen LogP) is 5.01. The average molecular weight is 591 g/mol. The highest BCUT2D eigenvalue weighted by molar-refractivity contribution is 6.05. The maximum absolute atomic E-state index is 12.4. The summed E-state index contributed by atoms with van der Waals surface area (Å²) in [5.41, 5.74) is 8.76. The van der Waals surface area contributed by atoms with Gasteiger partial charge in [-0.3, -0.25) is 4.79 Å². The molecule has 11 heteroatoms. The van der Waals surface area contributed by atoms with E-state index in [1.807, 2.05) is 51.9 Å². The Balaban J connectivity index is 1.42. The quantitative estimate of drug-likeness (QED) is 0.219. The second-order valence-electron chi connectivity index (χ2n) is 11.5. The van der Waals surface area contributed by atoms with E-state index >= 15 is 0 Å². The molecular formula is C33H38N10O. The summed E-state index contributed by atoms with van der Waals surface area (Å²) in [5, 5.41) is 11.9. The van der Waals surface area contributed by atoms with Crippen molar-refractivity contribution in [3.63, 3.8) is 0 Å². The molecule has 5 aromatic rings. The van der Waals surface area contributed by atoms with Crippen LogP contribution in [0.2, 0.25) is 0 Å². The molecule has 0 radical (unpaired) electrons. The van der Waals surface area contributed by atoms with Gasteiger partial charge < -0.3 is 25.0 Å². The molecule has 0 spiro atoms. The second-order valence-corrected chi connectivity index (χ2v) is 11.5. The molecule has 226 valence electrons. The zero-order valence-corrected chi connectivity index (χ0v) is 25.9. The molecule has 3 aromatic heterocycles. The van der Waals surface area contributed by atoms with Crippen LogP contribution in [0.25, 0.3) is 33.7 Å². The molecule has 0 atom stereocenters. The van der Waals surface area contributed by atoms with Crippen molar-refractivity contribution in [3.05, 3.63) is 72.7 Å². The summed E-state index contributed by atoms with van der Waals surface area (Å²) in [4.78, 5) is 30.9. The van der Waals surface area contributed by atoms with Crippen molar-refractivity contribution in [1.82, 2.24) is 34.2 Å². The zero-order chi connectivity index (χ0) is 31.0. The highest BCUT2D eigenvalue weighted by atomic mass is 16.1. The molecule has 2 aromatic carbocycles. The van der Waals surface area contributed by atoms with E-state index in [0.717, 1.165) is 77.6 Å². The normalized spacial score (nSPS) is 12.5. The van der Waals surface area contributed by atoms with Gasteiger partial charge in [0.1, 0.15) is 6.33 Å². The lowest BCUT2D eigenvalue weighted by molar-refractivity contribution is -0.111. The first-order chi connectivity index (χ1) is 21.2. The number of aryl methyl sites for hydroxylation is 4. The number of hydrogen-bond acceptors (Lipinski definition) is 8. The highest BCUT2D eigenvalue weighted by Crippen LogP contribution is 2.43. The van der Waals surface area contributed by atoms with Crippen molar-refractivity contribution in [2.75, 3.05) is 49.8 Å². The van der Waals surface area contributed by atoms with Gasteiger partial charge in [0.2, 0.25) is 11.9 Å². The maximum atomic E-state index is 12.4. The number of nitrogens with one attached hydrogen (secondary N) is 2. The van der Waals surface area contributed by atoms with E-state index in [1.165, 1.54) is 17.2 Å². The first-order valence-electron chi connectivity index (χ1n) is 14.8. The summed E-state index contributed by atoms with van der Waals surface area (Å²) in [6, 6.07) is 12.4. The topological polar surface area (TPSA) is 109 Å².